The summed E-state index contributed by atoms with van der Waals surface area (Å²) in [5.74, 6) is 0. The molecule has 1 saturated heterocycles. The first-order valence-electron chi connectivity index (χ1n) is 5.13. The highest BCUT2D eigenvalue weighted by Crippen LogP contribution is 2.19. The lowest BCUT2D eigenvalue weighted by molar-refractivity contribution is 0.0102. The first kappa shape index (κ1) is 11.6. The third-order valence-electron chi connectivity index (χ3n) is 2.61. The van der Waals surface area contributed by atoms with E-state index in [-0.39, 0.29) is 11.0 Å². The standard InChI is InChI=1S/C9H15N3O3S/c1-7-6-12(3-4-15-7)16(13,14)9-5-10-11-8(9)2/h5,7H,3-4,6H2,1-2H3,(H,10,11)/t7-/m1/s1. The summed E-state index contributed by atoms with van der Waals surface area (Å²) < 4.78 is 31.2. The summed E-state index contributed by atoms with van der Waals surface area (Å²) in [4.78, 5) is 0.251. The predicted molar refractivity (Wildman–Crippen MR) is 57.5 cm³/mol. The predicted octanol–water partition coefficient (Wildman–Crippen LogP) is 0.128. The van der Waals surface area contributed by atoms with Gasteiger partial charge in [-0.2, -0.15) is 9.40 Å². The molecule has 6 nitrogen and oxygen atoms in total. The molecule has 1 aromatic heterocycles. The lowest BCUT2D eigenvalue weighted by Crippen LogP contribution is -2.44. The van der Waals surface area contributed by atoms with E-state index in [4.69, 9.17) is 4.74 Å². The molecular formula is C9H15N3O3S. The molecule has 90 valence electrons. The molecule has 1 aromatic rings. The van der Waals surface area contributed by atoms with E-state index in [2.05, 4.69) is 10.2 Å². The number of ether oxygens (including phenoxy) is 1. The normalized spacial score (nSPS) is 23.5. The van der Waals surface area contributed by atoms with Crippen LogP contribution in [0.2, 0.25) is 0 Å². The van der Waals surface area contributed by atoms with Gasteiger partial charge in [0.25, 0.3) is 0 Å². The third-order valence-corrected chi connectivity index (χ3v) is 4.58. The number of rotatable bonds is 2. The van der Waals surface area contributed by atoms with Crippen LogP contribution in [0, 0.1) is 6.92 Å². The van der Waals surface area contributed by atoms with Crippen molar-refractivity contribution in [2.45, 2.75) is 24.8 Å². The van der Waals surface area contributed by atoms with Gasteiger partial charge in [0, 0.05) is 13.1 Å². The molecule has 2 rings (SSSR count). The molecule has 0 aliphatic carbocycles. The van der Waals surface area contributed by atoms with Crippen LogP contribution in [0.5, 0.6) is 0 Å². The maximum atomic E-state index is 12.2. The topological polar surface area (TPSA) is 75.3 Å². The Morgan fingerprint density at radius 1 is 1.62 bits per heavy atom. The van der Waals surface area contributed by atoms with Crippen molar-refractivity contribution in [3.63, 3.8) is 0 Å². The van der Waals surface area contributed by atoms with E-state index in [0.29, 0.717) is 25.4 Å². The number of nitrogens with zero attached hydrogens (tertiary/aromatic N) is 2. The van der Waals surface area contributed by atoms with E-state index < -0.39 is 10.0 Å². The minimum absolute atomic E-state index is 0.0595. The van der Waals surface area contributed by atoms with Crippen molar-refractivity contribution in [2.75, 3.05) is 19.7 Å². The smallest absolute Gasteiger partial charge is 0.246 e. The zero-order chi connectivity index (χ0) is 11.8. The summed E-state index contributed by atoms with van der Waals surface area (Å²) in [5.41, 5.74) is 0.569. The van der Waals surface area contributed by atoms with E-state index in [0.717, 1.165) is 0 Å². The number of sulfonamides is 1. The summed E-state index contributed by atoms with van der Waals surface area (Å²) in [7, 11) is -3.42. The van der Waals surface area contributed by atoms with Crippen molar-refractivity contribution in [3.8, 4) is 0 Å². The number of hydrogen-bond acceptors (Lipinski definition) is 4. The third kappa shape index (κ3) is 1.98. The number of aromatic amines is 1. The van der Waals surface area contributed by atoms with Gasteiger partial charge < -0.3 is 4.74 Å². The van der Waals surface area contributed by atoms with Crippen LogP contribution in [0.4, 0.5) is 0 Å². The van der Waals surface area contributed by atoms with Crippen LogP contribution in [-0.2, 0) is 14.8 Å². The first-order chi connectivity index (χ1) is 7.51. The Kier molecular flexibility index (Phi) is 3.00. The van der Waals surface area contributed by atoms with Crippen LogP contribution in [0.25, 0.3) is 0 Å². The van der Waals surface area contributed by atoms with Crippen LogP contribution in [-0.4, -0.2) is 48.7 Å². The van der Waals surface area contributed by atoms with Crippen molar-refractivity contribution in [3.05, 3.63) is 11.9 Å². The average Bonchev–Trinajstić information content (AvgIpc) is 2.65. The van der Waals surface area contributed by atoms with Gasteiger partial charge in [0.1, 0.15) is 4.90 Å². The Bertz CT molecular complexity index is 468. The van der Waals surface area contributed by atoms with Gasteiger partial charge in [0.2, 0.25) is 10.0 Å². The minimum atomic E-state index is -3.42. The van der Waals surface area contributed by atoms with Crippen molar-refractivity contribution >= 4 is 10.0 Å². The fourth-order valence-corrected chi connectivity index (χ4v) is 3.36. The van der Waals surface area contributed by atoms with Crippen molar-refractivity contribution < 1.29 is 13.2 Å². The number of H-pyrrole nitrogens is 1. The SMILES string of the molecule is Cc1[nH]ncc1S(=O)(=O)N1CCO[C@H](C)C1. The van der Waals surface area contributed by atoms with Crippen LogP contribution in [0.3, 0.4) is 0 Å². The highest BCUT2D eigenvalue weighted by Gasteiger charge is 2.30. The molecule has 7 heteroatoms. The monoisotopic (exact) mass is 245 g/mol. The number of morpholine rings is 1. The second-order valence-electron chi connectivity index (χ2n) is 3.90. The molecule has 1 atom stereocenters. The van der Waals surface area contributed by atoms with Crippen LogP contribution >= 0.6 is 0 Å². The Morgan fingerprint density at radius 3 is 2.94 bits per heavy atom. The van der Waals surface area contributed by atoms with Gasteiger partial charge >= 0.3 is 0 Å². The van der Waals surface area contributed by atoms with Crippen molar-refractivity contribution in [1.29, 1.82) is 0 Å². The lowest BCUT2D eigenvalue weighted by atomic mass is 10.3. The molecule has 0 amide bonds. The molecule has 0 unspecified atom stereocenters. The van der Waals surface area contributed by atoms with Crippen LogP contribution in [0.1, 0.15) is 12.6 Å². The fourth-order valence-electron chi connectivity index (χ4n) is 1.74. The maximum absolute atomic E-state index is 12.2. The Hall–Kier alpha value is -0.920. The number of aromatic nitrogens is 2. The molecule has 1 aliphatic heterocycles. The average molecular weight is 245 g/mol. The number of hydrogen-bond donors (Lipinski definition) is 1. The van der Waals surface area contributed by atoms with E-state index >= 15 is 0 Å². The number of nitrogens with one attached hydrogen (secondary N) is 1. The van der Waals surface area contributed by atoms with Gasteiger partial charge in [0.15, 0.2) is 0 Å². The molecule has 1 fully saturated rings. The van der Waals surface area contributed by atoms with Gasteiger partial charge in [0.05, 0.1) is 24.6 Å². The summed E-state index contributed by atoms with van der Waals surface area (Å²) in [5, 5.41) is 6.38. The van der Waals surface area contributed by atoms with E-state index in [1.807, 2.05) is 6.92 Å². The molecule has 2 heterocycles. The largest absolute Gasteiger partial charge is 0.376 e. The second kappa shape index (κ2) is 4.15. The van der Waals surface area contributed by atoms with E-state index in [1.54, 1.807) is 6.92 Å². The fraction of sp³-hybridized carbons (Fsp3) is 0.667. The molecule has 0 radical (unpaired) electrons. The van der Waals surface area contributed by atoms with Gasteiger partial charge in [-0.25, -0.2) is 8.42 Å². The van der Waals surface area contributed by atoms with Gasteiger partial charge in [-0.1, -0.05) is 0 Å². The van der Waals surface area contributed by atoms with E-state index in [1.165, 1.54) is 10.5 Å². The Labute approximate surface area is 94.6 Å². The Balaban J connectivity index is 2.29. The lowest BCUT2D eigenvalue weighted by Gasteiger charge is -2.30. The molecule has 16 heavy (non-hydrogen) atoms. The molecule has 0 bridgehead atoms. The summed E-state index contributed by atoms with van der Waals surface area (Å²) in [6, 6.07) is 0. The van der Waals surface area contributed by atoms with Gasteiger partial charge in [-0.05, 0) is 13.8 Å². The van der Waals surface area contributed by atoms with Gasteiger partial charge in [-0.15, -0.1) is 0 Å². The van der Waals surface area contributed by atoms with Crippen LogP contribution < -0.4 is 0 Å². The molecule has 0 saturated carbocycles. The zero-order valence-corrected chi connectivity index (χ0v) is 10.1. The zero-order valence-electron chi connectivity index (χ0n) is 9.30. The first-order valence-corrected chi connectivity index (χ1v) is 6.57. The quantitative estimate of drug-likeness (QED) is 0.803. The molecule has 0 aromatic carbocycles. The molecule has 1 aliphatic rings. The van der Waals surface area contributed by atoms with Crippen molar-refractivity contribution in [1.82, 2.24) is 14.5 Å². The summed E-state index contributed by atoms with van der Waals surface area (Å²) >= 11 is 0. The van der Waals surface area contributed by atoms with Crippen LogP contribution in [0.15, 0.2) is 11.1 Å². The highest BCUT2D eigenvalue weighted by molar-refractivity contribution is 7.89. The maximum Gasteiger partial charge on any atom is 0.246 e. The van der Waals surface area contributed by atoms with Gasteiger partial charge in [-0.3, -0.25) is 5.10 Å². The number of aryl methyl sites for hydroxylation is 1. The summed E-state index contributed by atoms with van der Waals surface area (Å²) in [6.45, 7) is 4.80. The van der Waals surface area contributed by atoms with Crippen molar-refractivity contribution in [2.24, 2.45) is 0 Å². The minimum Gasteiger partial charge on any atom is -0.376 e. The second-order valence-corrected chi connectivity index (χ2v) is 5.81. The summed E-state index contributed by atoms with van der Waals surface area (Å²) in [6.07, 6.45) is 1.29. The molecular weight excluding hydrogens is 230 g/mol. The highest BCUT2D eigenvalue weighted by atomic mass is 32.2. The van der Waals surface area contributed by atoms with E-state index in [9.17, 15) is 8.42 Å². The Morgan fingerprint density at radius 2 is 2.38 bits per heavy atom. The molecule has 1 N–H and O–H groups in total. The molecule has 0 spiro atoms.